The van der Waals surface area contributed by atoms with Gasteiger partial charge in [-0.2, -0.15) is 0 Å². The van der Waals surface area contributed by atoms with Gasteiger partial charge in [-0.1, -0.05) is 42.5 Å². The monoisotopic (exact) mass is 370 g/mol. The van der Waals surface area contributed by atoms with Crippen molar-refractivity contribution in [2.45, 2.75) is 18.9 Å². The van der Waals surface area contributed by atoms with Gasteiger partial charge in [0.2, 0.25) is 5.91 Å². The van der Waals surface area contributed by atoms with Crippen LogP contribution in [0.2, 0.25) is 0 Å². The molecule has 5 nitrogen and oxygen atoms in total. The third kappa shape index (κ3) is 5.14. The highest BCUT2D eigenvalue weighted by molar-refractivity contribution is 5.94. The molecule has 1 N–H and O–H groups in total. The summed E-state index contributed by atoms with van der Waals surface area (Å²) in [4.78, 5) is 26.2. The molecule has 1 saturated heterocycles. The summed E-state index contributed by atoms with van der Waals surface area (Å²) < 4.78 is 19.3. The maximum absolute atomic E-state index is 13.6. The van der Waals surface area contributed by atoms with E-state index in [1.54, 1.807) is 11.0 Å². The van der Waals surface area contributed by atoms with E-state index < -0.39 is 11.7 Å². The number of carbonyl (C=O) groups excluding carboxylic acids is 2. The Kier molecular flexibility index (Phi) is 6.54. The average molecular weight is 370 g/mol. The van der Waals surface area contributed by atoms with Crippen LogP contribution in [0.15, 0.2) is 54.6 Å². The minimum atomic E-state index is -0.550. The van der Waals surface area contributed by atoms with Crippen LogP contribution in [-0.4, -0.2) is 43.0 Å². The van der Waals surface area contributed by atoms with E-state index in [4.69, 9.17) is 4.74 Å². The number of benzene rings is 2. The topological polar surface area (TPSA) is 58.6 Å². The van der Waals surface area contributed by atoms with Gasteiger partial charge in [0, 0.05) is 19.5 Å². The minimum absolute atomic E-state index is 0.0164. The molecule has 2 aromatic rings. The molecule has 27 heavy (non-hydrogen) atoms. The summed E-state index contributed by atoms with van der Waals surface area (Å²) in [6.07, 6.45) is 0.732. The smallest absolute Gasteiger partial charge is 0.254 e. The summed E-state index contributed by atoms with van der Waals surface area (Å²) in [5, 5.41) is 2.66. The Morgan fingerprint density at radius 1 is 1.11 bits per heavy atom. The van der Waals surface area contributed by atoms with E-state index >= 15 is 0 Å². The molecule has 0 aliphatic carbocycles. The summed E-state index contributed by atoms with van der Waals surface area (Å²) in [5.74, 6) is -0.971. The van der Waals surface area contributed by atoms with Gasteiger partial charge in [0.25, 0.3) is 5.91 Å². The van der Waals surface area contributed by atoms with E-state index in [0.29, 0.717) is 39.1 Å². The largest absolute Gasteiger partial charge is 0.370 e. The quantitative estimate of drug-likeness (QED) is 0.796. The van der Waals surface area contributed by atoms with Crippen LogP contribution in [0.5, 0.6) is 0 Å². The SMILES string of the molecule is O=C(NCCCC(=O)N1CCOC(c2ccccc2)C1)c1ccccc1F. The van der Waals surface area contributed by atoms with Crippen molar-refractivity contribution in [3.05, 3.63) is 71.5 Å². The lowest BCUT2D eigenvalue weighted by atomic mass is 10.1. The van der Waals surface area contributed by atoms with Gasteiger partial charge in [-0.05, 0) is 24.1 Å². The van der Waals surface area contributed by atoms with E-state index in [1.165, 1.54) is 18.2 Å². The fourth-order valence-corrected chi connectivity index (χ4v) is 3.09. The van der Waals surface area contributed by atoms with Crippen molar-refractivity contribution in [3.8, 4) is 0 Å². The van der Waals surface area contributed by atoms with E-state index in [-0.39, 0.29) is 17.6 Å². The zero-order valence-corrected chi connectivity index (χ0v) is 15.1. The van der Waals surface area contributed by atoms with Crippen LogP contribution >= 0.6 is 0 Å². The zero-order valence-electron chi connectivity index (χ0n) is 15.1. The second-order valence-electron chi connectivity index (χ2n) is 6.45. The molecular formula is C21H23FN2O3. The summed E-state index contributed by atoms with van der Waals surface area (Å²) >= 11 is 0. The highest BCUT2D eigenvalue weighted by atomic mass is 19.1. The van der Waals surface area contributed by atoms with Crippen LogP contribution in [0.1, 0.15) is 34.9 Å². The Hall–Kier alpha value is -2.73. The minimum Gasteiger partial charge on any atom is -0.370 e. The fourth-order valence-electron chi connectivity index (χ4n) is 3.09. The van der Waals surface area contributed by atoms with Gasteiger partial charge in [-0.3, -0.25) is 9.59 Å². The number of nitrogens with one attached hydrogen (secondary N) is 1. The number of amides is 2. The van der Waals surface area contributed by atoms with Gasteiger partial charge in [0.05, 0.1) is 18.7 Å². The second-order valence-corrected chi connectivity index (χ2v) is 6.45. The molecule has 0 aromatic heterocycles. The van der Waals surface area contributed by atoms with Crippen molar-refractivity contribution in [3.63, 3.8) is 0 Å². The Labute approximate surface area is 158 Å². The summed E-state index contributed by atoms with van der Waals surface area (Å²) in [6, 6.07) is 15.7. The molecule has 142 valence electrons. The molecule has 0 saturated carbocycles. The lowest BCUT2D eigenvalue weighted by molar-refractivity contribution is -0.139. The number of carbonyl (C=O) groups is 2. The normalized spacial score (nSPS) is 16.8. The molecule has 6 heteroatoms. The lowest BCUT2D eigenvalue weighted by Gasteiger charge is -2.33. The second kappa shape index (κ2) is 9.28. The van der Waals surface area contributed by atoms with E-state index in [2.05, 4.69) is 5.32 Å². The number of halogens is 1. The maximum atomic E-state index is 13.6. The number of hydrogen-bond acceptors (Lipinski definition) is 3. The van der Waals surface area contributed by atoms with Crippen molar-refractivity contribution in [1.29, 1.82) is 0 Å². The van der Waals surface area contributed by atoms with Crippen LogP contribution in [0, 0.1) is 5.82 Å². The van der Waals surface area contributed by atoms with Gasteiger partial charge >= 0.3 is 0 Å². The van der Waals surface area contributed by atoms with Crippen molar-refractivity contribution >= 4 is 11.8 Å². The van der Waals surface area contributed by atoms with Gasteiger partial charge < -0.3 is 15.0 Å². The van der Waals surface area contributed by atoms with Crippen LogP contribution in [0.3, 0.4) is 0 Å². The molecule has 1 aliphatic heterocycles. The molecule has 2 amide bonds. The highest BCUT2D eigenvalue weighted by Gasteiger charge is 2.24. The number of morpholine rings is 1. The molecule has 1 unspecified atom stereocenters. The summed E-state index contributed by atoms with van der Waals surface area (Å²) in [5.41, 5.74) is 1.08. The van der Waals surface area contributed by atoms with E-state index in [0.717, 1.165) is 5.56 Å². The molecule has 1 aliphatic rings. The number of ether oxygens (including phenoxy) is 1. The molecule has 2 aromatic carbocycles. The zero-order chi connectivity index (χ0) is 19.1. The van der Waals surface area contributed by atoms with Crippen LogP contribution in [0.4, 0.5) is 4.39 Å². The van der Waals surface area contributed by atoms with Crippen LogP contribution in [-0.2, 0) is 9.53 Å². The van der Waals surface area contributed by atoms with E-state index in [9.17, 15) is 14.0 Å². The van der Waals surface area contributed by atoms with Gasteiger partial charge in [-0.25, -0.2) is 4.39 Å². The Bertz CT molecular complexity index is 782. The lowest BCUT2D eigenvalue weighted by Crippen LogP contribution is -2.42. The molecule has 1 atom stereocenters. The molecule has 1 heterocycles. The number of rotatable bonds is 6. The third-order valence-electron chi connectivity index (χ3n) is 4.56. The Morgan fingerprint density at radius 2 is 1.85 bits per heavy atom. The first-order valence-corrected chi connectivity index (χ1v) is 9.12. The standard InChI is InChI=1S/C21H23FN2O3/c22-18-10-5-4-9-17(18)21(26)23-12-6-11-20(25)24-13-14-27-19(15-24)16-7-2-1-3-8-16/h1-5,7-10,19H,6,11-15H2,(H,23,26). The van der Waals surface area contributed by atoms with Crippen molar-refractivity contribution in [2.24, 2.45) is 0 Å². The van der Waals surface area contributed by atoms with Crippen LogP contribution in [0.25, 0.3) is 0 Å². The summed E-state index contributed by atoms with van der Waals surface area (Å²) in [6.45, 7) is 1.94. The van der Waals surface area contributed by atoms with Crippen molar-refractivity contribution in [1.82, 2.24) is 10.2 Å². The fraction of sp³-hybridized carbons (Fsp3) is 0.333. The van der Waals surface area contributed by atoms with Gasteiger partial charge in [0.15, 0.2) is 0 Å². The molecule has 0 bridgehead atoms. The Morgan fingerprint density at radius 3 is 2.63 bits per heavy atom. The molecular weight excluding hydrogens is 347 g/mol. The third-order valence-corrected chi connectivity index (χ3v) is 4.56. The highest BCUT2D eigenvalue weighted by Crippen LogP contribution is 2.22. The van der Waals surface area contributed by atoms with Crippen LogP contribution < -0.4 is 5.32 Å². The van der Waals surface area contributed by atoms with Crippen molar-refractivity contribution in [2.75, 3.05) is 26.2 Å². The average Bonchev–Trinajstić information content (AvgIpc) is 2.72. The number of hydrogen-bond donors (Lipinski definition) is 1. The number of nitrogens with zero attached hydrogens (tertiary/aromatic N) is 1. The van der Waals surface area contributed by atoms with E-state index in [1.807, 2.05) is 30.3 Å². The van der Waals surface area contributed by atoms with Gasteiger partial charge in [0.1, 0.15) is 11.9 Å². The van der Waals surface area contributed by atoms with Gasteiger partial charge in [-0.15, -0.1) is 0 Å². The Balaban J connectivity index is 1.43. The van der Waals surface area contributed by atoms with Crippen molar-refractivity contribution < 1.29 is 18.7 Å². The molecule has 1 fully saturated rings. The first-order chi connectivity index (χ1) is 13.1. The molecule has 0 spiro atoms. The predicted octanol–water partition coefficient (Wildman–Crippen LogP) is 2.94. The molecule has 0 radical (unpaired) electrons. The maximum Gasteiger partial charge on any atom is 0.254 e. The summed E-state index contributed by atoms with van der Waals surface area (Å²) in [7, 11) is 0. The predicted molar refractivity (Wildman–Crippen MR) is 99.7 cm³/mol. The molecule has 3 rings (SSSR count). The first-order valence-electron chi connectivity index (χ1n) is 9.12. The first kappa shape index (κ1) is 19.0.